The lowest BCUT2D eigenvalue weighted by molar-refractivity contribution is -0.126. The lowest BCUT2D eigenvalue weighted by Crippen LogP contribution is -2.41. The summed E-state index contributed by atoms with van der Waals surface area (Å²) in [5, 5.41) is 2.65. The normalized spacial score (nSPS) is 10.8. The molecule has 0 saturated carbocycles. The van der Waals surface area contributed by atoms with Crippen molar-refractivity contribution >= 4 is 40.3 Å². The van der Waals surface area contributed by atoms with E-state index in [0.717, 1.165) is 21.9 Å². The average Bonchev–Trinajstić information content (AvgIpc) is 2.66. The lowest BCUT2D eigenvalue weighted by Gasteiger charge is -2.08. The van der Waals surface area contributed by atoms with E-state index in [0.29, 0.717) is 5.02 Å². The number of carbonyl (C=O) groups excluding carboxylic acids is 2. The van der Waals surface area contributed by atoms with E-state index in [-0.39, 0.29) is 12.3 Å². The Balaban J connectivity index is 1.57. The van der Waals surface area contributed by atoms with Gasteiger partial charge in [-0.3, -0.25) is 20.4 Å². The number of hydrogen-bond acceptors (Lipinski definition) is 2. The molecular weight excluding hydrogens is 348 g/mol. The number of fused-ring (bicyclic) bond motifs is 1. The van der Waals surface area contributed by atoms with Gasteiger partial charge >= 0.3 is 0 Å². The van der Waals surface area contributed by atoms with Crippen molar-refractivity contribution in [2.24, 2.45) is 0 Å². The Bertz CT molecular complexity index is 977. The van der Waals surface area contributed by atoms with Gasteiger partial charge in [-0.1, -0.05) is 72.3 Å². The van der Waals surface area contributed by atoms with Gasteiger partial charge in [-0.15, -0.1) is 0 Å². The highest BCUT2D eigenvalue weighted by molar-refractivity contribution is 6.32. The fourth-order valence-corrected chi connectivity index (χ4v) is 2.81. The number of hydrazine groups is 1. The SMILES string of the molecule is O=C(/C=C/c1ccccc1Cl)NNC(=O)Cc1cccc2ccccc12. The Morgan fingerprint density at radius 2 is 1.62 bits per heavy atom. The summed E-state index contributed by atoms with van der Waals surface area (Å²) in [4.78, 5) is 24.0. The zero-order valence-electron chi connectivity index (χ0n) is 13.9. The standard InChI is InChI=1S/C21H17ClN2O2/c22-19-11-4-2-7-16(19)12-13-20(25)23-24-21(26)14-17-9-5-8-15-6-1-3-10-18(15)17/h1-13H,14H2,(H,23,25)(H,24,26)/b13-12+. The molecule has 0 bridgehead atoms. The Kier molecular flexibility index (Phi) is 5.66. The maximum absolute atomic E-state index is 12.1. The molecule has 0 aliphatic rings. The van der Waals surface area contributed by atoms with Gasteiger partial charge < -0.3 is 0 Å². The van der Waals surface area contributed by atoms with Gasteiger partial charge in [0.2, 0.25) is 5.91 Å². The van der Waals surface area contributed by atoms with Gasteiger partial charge in [0.05, 0.1) is 6.42 Å². The first kappa shape index (κ1) is 17.7. The van der Waals surface area contributed by atoms with E-state index >= 15 is 0 Å². The third-order valence-corrected chi connectivity index (χ3v) is 4.22. The summed E-state index contributed by atoms with van der Waals surface area (Å²) in [7, 11) is 0. The number of carbonyl (C=O) groups is 2. The number of hydrogen-bond donors (Lipinski definition) is 2. The van der Waals surface area contributed by atoms with Crippen LogP contribution in [0.4, 0.5) is 0 Å². The molecule has 3 aromatic rings. The summed E-state index contributed by atoms with van der Waals surface area (Å²) in [5.41, 5.74) is 6.43. The minimum Gasteiger partial charge on any atom is -0.273 e. The topological polar surface area (TPSA) is 58.2 Å². The molecule has 3 rings (SSSR count). The monoisotopic (exact) mass is 364 g/mol. The van der Waals surface area contributed by atoms with Crippen LogP contribution in [0, 0.1) is 0 Å². The highest BCUT2D eigenvalue weighted by Crippen LogP contribution is 2.19. The van der Waals surface area contributed by atoms with Gasteiger partial charge in [0.15, 0.2) is 0 Å². The number of rotatable bonds is 4. The van der Waals surface area contributed by atoms with Gasteiger partial charge in [-0.05, 0) is 34.0 Å². The van der Waals surface area contributed by atoms with E-state index in [4.69, 9.17) is 11.6 Å². The van der Waals surface area contributed by atoms with Gasteiger partial charge in [0.1, 0.15) is 0 Å². The summed E-state index contributed by atoms with van der Waals surface area (Å²) < 4.78 is 0. The van der Waals surface area contributed by atoms with Gasteiger partial charge in [0.25, 0.3) is 5.91 Å². The third-order valence-electron chi connectivity index (χ3n) is 3.88. The maximum atomic E-state index is 12.1. The van der Waals surface area contributed by atoms with Crippen molar-refractivity contribution in [1.82, 2.24) is 10.9 Å². The highest BCUT2D eigenvalue weighted by atomic mass is 35.5. The van der Waals surface area contributed by atoms with Crippen LogP contribution in [0.5, 0.6) is 0 Å². The summed E-state index contributed by atoms with van der Waals surface area (Å²) >= 11 is 6.02. The Morgan fingerprint density at radius 3 is 2.46 bits per heavy atom. The van der Waals surface area contributed by atoms with Gasteiger partial charge in [-0.25, -0.2) is 0 Å². The Labute approximate surface area is 156 Å². The summed E-state index contributed by atoms with van der Waals surface area (Å²) in [5.74, 6) is -0.725. The summed E-state index contributed by atoms with van der Waals surface area (Å²) in [6.07, 6.45) is 3.09. The fraction of sp³-hybridized carbons (Fsp3) is 0.0476. The molecule has 130 valence electrons. The Morgan fingerprint density at radius 1 is 0.885 bits per heavy atom. The van der Waals surface area contributed by atoms with Crippen LogP contribution in [-0.2, 0) is 16.0 Å². The van der Waals surface area contributed by atoms with Crippen LogP contribution in [0.25, 0.3) is 16.8 Å². The van der Waals surface area contributed by atoms with E-state index < -0.39 is 5.91 Å². The largest absolute Gasteiger partial charge is 0.273 e. The van der Waals surface area contributed by atoms with Crippen molar-refractivity contribution in [2.45, 2.75) is 6.42 Å². The Hall–Kier alpha value is -3.11. The molecule has 2 N–H and O–H groups in total. The van der Waals surface area contributed by atoms with Crippen LogP contribution in [0.2, 0.25) is 5.02 Å². The predicted octanol–water partition coefficient (Wildman–Crippen LogP) is 3.90. The molecule has 0 aliphatic heterocycles. The van der Waals surface area contributed by atoms with Crippen LogP contribution in [0.3, 0.4) is 0 Å². The van der Waals surface area contributed by atoms with E-state index in [1.54, 1.807) is 18.2 Å². The van der Waals surface area contributed by atoms with Crippen molar-refractivity contribution in [3.05, 3.63) is 89.0 Å². The molecule has 0 fully saturated rings. The number of halogens is 1. The molecule has 4 nitrogen and oxygen atoms in total. The van der Waals surface area contributed by atoms with Crippen LogP contribution in [0.15, 0.2) is 72.8 Å². The van der Waals surface area contributed by atoms with Crippen LogP contribution in [-0.4, -0.2) is 11.8 Å². The zero-order valence-corrected chi connectivity index (χ0v) is 14.7. The maximum Gasteiger partial charge on any atom is 0.262 e. The van der Waals surface area contributed by atoms with Crippen molar-refractivity contribution in [3.8, 4) is 0 Å². The minimum atomic E-state index is -0.434. The smallest absolute Gasteiger partial charge is 0.262 e. The number of benzene rings is 3. The molecule has 0 saturated heterocycles. The molecule has 0 heterocycles. The average molecular weight is 365 g/mol. The number of amides is 2. The first-order chi connectivity index (χ1) is 12.6. The van der Waals surface area contributed by atoms with E-state index in [1.807, 2.05) is 54.6 Å². The van der Waals surface area contributed by atoms with E-state index in [2.05, 4.69) is 10.9 Å². The van der Waals surface area contributed by atoms with Crippen LogP contribution < -0.4 is 10.9 Å². The molecule has 0 atom stereocenters. The second kappa shape index (κ2) is 8.32. The lowest BCUT2D eigenvalue weighted by atomic mass is 10.0. The molecule has 0 radical (unpaired) electrons. The summed E-state index contributed by atoms with van der Waals surface area (Å²) in [6, 6.07) is 20.9. The van der Waals surface area contributed by atoms with Gasteiger partial charge in [0, 0.05) is 11.1 Å². The number of nitrogens with one attached hydrogen (secondary N) is 2. The molecule has 3 aromatic carbocycles. The predicted molar refractivity (Wildman–Crippen MR) is 104 cm³/mol. The third kappa shape index (κ3) is 4.49. The van der Waals surface area contributed by atoms with Crippen molar-refractivity contribution in [2.75, 3.05) is 0 Å². The minimum absolute atomic E-state index is 0.176. The second-order valence-electron chi connectivity index (χ2n) is 5.71. The molecule has 0 unspecified atom stereocenters. The highest BCUT2D eigenvalue weighted by Gasteiger charge is 2.07. The van der Waals surface area contributed by atoms with E-state index in [1.165, 1.54) is 6.08 Å². The molecule has 5 heteroatoms. The van der Waals surface area contributed by atoms with E-state index in [9.17, 15) is 9.59 Å². The fourth-order valence-electron chi connectivity index (χ4n) is 2.61. The van der Waals surface area contributed by atoms with Crippen molar-refractivity contribution < 1.29 is 9.59 Å². The molecular formula is C21H17ClN2O2. The quantitative estimate of drug-likeness (QED) is 0.545. The molecule has 2 amide bonds. The van der Waals surface area contributed by atoms with Crippen molar-refractivity contribution in [3.63, 3.8) is 0 Å². The molecule has 0 spiro atoms. The molecule has 0 aliphatic carbocycles. The summed E-state index contributed by atoms with van der Waals surface area (Å²) in [6.45, 7) is 0. The molecule has 26 heavy (non-hydrogen) atoms. The van der Waals surface area contributed by atoms with Crippen molar-refractivity contribution in [1.29, 1.82) is 0 Å². The van der Waals surface area contributed by atoms with Crippen LogP contribution >= 0.6 is 11.6 Å². The van der Waals surface area contributed by atoms with Crippen LogP contribution in [0.1, 0.15) is 11.1 Å². The van der Waals surface area contributed by atoms with Gasteiger partial charge in [-0.2, -0.15) is 0 Å². The molecule has 0 aromatic heterocycles. The second-order valence-corrected chi connectivity index (χ2v) is 6.11. The first-order valence-corrected chi connectivity index (χ1v) is 8.49. The zero-order chi connectivity index (χ0) is 18.4. The first-order valence-electron chi connectivity index (χ1n) is 8.11.